The largest absolute Gasteiger partial charge is 0.507 e. The lowest BCUT2D eigenvalue weighted by atomic mass is 10.1. The molecule has 15 heteroatoms. The molecule has 2 N–H and O–H groups in total. The number of hydrogen-bond donors (Lipinski definition) is 2. The molecule has 14 nitrogen and oxygen atoms in total. The summed E-state index contributed by atoms with van der Waals surface area (Å²) in [6, 6.07) is 4.05. The number of aromatic hydroxyl groups is 1. The first kappa shape index (κ1) is 32.1. The fourth-order valence-corrected chi connectivity index (χ4v) is 3.34. The highest BCUT2D eigenvalue weighted by Gasteiger charge is 2.29. The van der Waals surface area contributed by atoms with Crippen LogP contribution in [0.3, 0.4) is 0 Å². The van der Waals surface area contributed by atoms with Gasteiger partial charge in [0.25, 0.3) is 0 Å². The van der Waals surface area contributed by atoms with Crippen LogP contribution in [0.2, 0.25) is 0 Å². The van der Waals surface area contributed by atoms with Crippen LogP contribution in [0.4, 0.5) is 15.8 Å². The Morgan fingerprint density at radius 2 is 1.44 bits per heavy atom. The van der Waals surface area contributed by atoms with Gasteiger partial charge in [0.15, 0.2) is 6.29 Å². The number of hydrogen-bond acceptors (Lipinski definition) is 14. The molecular formula is C26H29FN2O12. The summed E-state index contributed by atoms with van der Waals surface area (Å²) in [7, 11) is 4.44. The fraction of sp³-hybridized carbons (Fsp3) is 0.346. The van der Waals surface area contributed by atoms with Gasteiger partial charge < -0.3 is 43.7 Å². The van der Waals surface area contributed by atoms with Crippen molar-refractivity contribution in [2.75, 3.05) is 65.0 Å². The van der Waals surface area contributed by atoms with Crippen LogP contribution in [0.5, 0.6) is 17.2 Å². The number of benzene rings is 2. The molecule has 0 aliphatic carbocycles. The molecule has 41 heavy (non-hydrogen) atoms. The van der Waals surface area contributed by atoms with Gasteiger partial charge in [0.05, 0.1) is 45.4 Å². The van der Waals surface area contributed by atoms with E-state index in [0.717, 1.165) is 46.6 Å². The lowest BCUT2D eigenvalue weighted by Crippen LogP contribution is -2.39. The first-order chi connectivity index (χ1) is 19.6. The van der Waals surface area contributed by atoms with Crippen LogP contribution >= 0.6 is 0 Å². The minimum absolute atomic E-state index is 0.0182. The Hall–Kier alpha value is -5.08. The maximum absolute atomic E-state index is 14.0. The van der Waals surface area contributed by atoms with Gasteiger partial charge in [0.2, 0.25) is 6.04 Å². The quantitative estimate of drug-likeness (QED) is 0.101. The van der Waals surface area contributed by atoms with Crippen molar-refractivity contribution >= 4 is 41.5 Å². The fourth-order valence-electron chi connectivity index (χ4n) is 3.34. The van der Waals surface area contributed by atoms with Crippen molar-refractivity contribution in [2.24, 2.45) is 0 Å². The van der Waals surface area contributed by atoms with Crippen molar-refractivity contribution in [3.05, 3.63) is 41.7 Å². The van der Waals surface area contributed by atoms with Gasteiger partial charge in [-0.1, -0.05) is 0 Å². The van der Waals surface area contributed by atoms with Gasteiger partial charge in [-0.25, -0.2) is 14.0 Å². The van der Waals surface area contributed by atoms with Crippen LogP contribution < -0.4 is 19.7 Å². The molecule has 0 unspecified atom stereocenters. The number of methoxy groups -OCH3 is 4. The van der Waals surface area contributed by atoms with Crippen LogP contribution in [0.15, 0.2) is 30.3 Å². The molecule has 0 saturated heterocycles. The number of carbonyl (C=O) groups is 5. The predicted molar refractivity (Wildman–Crippen MR) is 139 cm³/mol. The van der Waals surface area contributed by atoms with Gasteiger partial charge in [-0.15, -0.1) is 0 Å². The SMILES string of the molecule is COC(=O)CN(CC(=O)OC)c1cc(O)c(C=O)cc1OCCOc1cc(F)ccc1NC(C(=O)OC)C(=O)OC. The molecule has 0 fully saturated rings. The van der Waals surface area contributed by atoms with Crippen LogP contribution in [0.25, 0.3) is 0 Å². The highest BCUT2D eigenvalue weighted by molar-refractivity contribution is 6.02. The number of anilines is 2. The molecule has 0 bridgehead atoms. The van der Waals surface area contributed by atoms with E-state index in [9.17, 15) is 33.5 Å². The summed E-state index contributed by atoms with van der Waals surface area (Å²) in [5.41, 5.74) is -0.0341. The summed E-state index contributed by atoms with van der Waals surface area (Å²) in [5.74, 6) is -4.58. The third-order valence-electron chi connectivity index (χ3n) is 5.39. The minimum atomic E-state index is -1.56. The minimum Gasteiger partial charge on any atom is -0.507 e. The molecule has 0 aliphatic heterocycles. The summed E-state index contributed by atoms with van der Waals surface area (Å²) in [6.07, 6.45) is 0.372. The molecule has 2 aromatic rings. The van der Waals surface area contributed by atoms with E-state index in [1.807, 2.05) is 0 Å². The summed E-state index contributed by atoms with van der Waals surface area (Å²) >= 11 is 0. The van der Waals surface area contributed by atoms with E-state index in [-0.39, 0.29) is 41.7 Å². The smallest absolute Gasteiger partial charge is 0.340 e. The Kier molecular flexibility index (Phi) is 12.1. The van der Waals surface area contributed by atoms with Crippen molar-refractivity contribution in [2.45, 2.75) is 6.04 Å². The second-order valence-electron chi connectivity index (χ2n) is 7.97. The number of phenolic OH excluding ortho intramolecular Hbond substituents is 1. The molecule has 2 aromatic carbocycles. The van der Waals surface area contributed by atoms with Crippen molar-refractivity contribution in [1.29, 1.82) is 0 Å². The molecule has 0 aromatic heterocycles. The topological polar surface area (TPSA) is 176 Å². The first-order valence-corrected chi connectivity index (χ1v) is 11.8. The summed E-state index contributed by atoms with van der Waals surface area (Å²) < 4.78 is 43.8. The number of halogens is 1. The zero-order chi connectivity index (χ0) is 30.5. The lowest BCUT2D eigenvalue weighted by molar-refractivity contribution is -0.153. The van der Waals surface area contributed by atoms with E-state index in [2.05, 4.69) is 24.3 Å². The molecule has 0 amide bonds. The molecule has 0 radical (unpaired) electrons. The Balaban J connectivity index is 2.28. The number of nitrogens with zero attached hydrogens (tertiary/aromatic N) is 1. The number of carbonyl (C=O) groups excluding carboxylic acids is 5. The molecule has 0 heterocycles. The number of rotatable bonds is 15. The molecule has 0 spiro atoms. The summed E-state index contributed by atoms with van der Waals surface area (Å²) in [5, 5.41) is 12.8. The maximum Gasteiger partial charge on any atom is 0.340 e. The van der Waals surface area contributed by atoms with E-state index in [1.54, 1.807) is 0 Å². The van der Waals surface area contributed by atoms with E-state index >= 15 is 0 Å². The van der Waals surface area contributed by atoms with E-state index in [1.165, 1.54) is 17.0 Å². The number of aldehydes is 1. The number of phenols is 1. The van der Waals surface area contributed by atoms with E-state index in [4.69, 9.17) is 9.47 Å². The Morgan fingerprint density at radius 1 is 0.878 bits per heavy atom. The van der Waals surface area contributed by atoms with E-state index < -0.39 is 54.6 Å². The normalized spacial score (nSPS) is 10.3. The maximum atomic E-state index is 14.0. The van der Waals surface area contributed by atoms with E-state index in [0.29, 0.717) is 6.29 Å². The molecule has 0 atom stereocenters. The standard InChI is InChI=1S/C26H29FN2O12/c1-36-22(32)12-29(13-23(33)37-2)18-11-19(31)15(14-30)9-21(18)41-8-7-40-20-10-16(27)5-6-17(20)28-24(25(34)38-3)26(35)39-4/h5-6,9-11,14,24,28,31H,7-8,12-13H2,1-4H3. The van der Waals surface area contributed by atoms with Crippen molar-refractivity contribution < 1.29 is 61.9 Å². The molecule has 2 rings (SSSR count). The molecular weight excluding hydrogens is 551 g/mol. The zero-order valence-corrected chi connectivity index (χ0v) is 22.6. The van der Waals surface area contributed by atoms with Crippen LogP contribution in [-0.4, -0.2) is 96.1 Å². The third kappa shape index (κ3) is 8.98. The monoisotopic (exact) mass is 580 g/mol. The van der Waals surface area contributed by atoms with Crippen molar-refractivity contribution in [3.63, 3.8) is 0 Å². The van der Waals surface area contributed by atoms with Crippen molar-refractivity contribution in [1.82, 2.24) is 0 Å². The number of esters is 4. The van der Waals surface area contributed by atoms with Gasteiger partial charge in [0.1, 0.15) is 49.4 Å². The zero-order valence-electron chi connectivity index (χ0n) is 22.6. The second kappa shape index (κ2) is 15.5. The molecule has 0 aliphatic rings. The predicted octanol–water partition coefficient (Wildman–Crippen LogP) is 1.08. The van der Waals surface area contributed by atoms with Gasteiger partial charge >= 0.3 is 23.9 Å². The number of ether oxygens (including phenoxy) is 6. The van der Waals surface area contributed by atoms with Crippen molar-refractivity contribution in [3.8, 4) is 17.2 Å². The second-order valence-corrected chi connectivity index (χ2v) is 7.97. The van der Waals surface area contributed by atoms with Gasteiger partial charge in [0, 0.05) is 12.1 Å². The highest BCUT2D eigenvalue weighted by Crippen LogP contribution is 2.35. The van der Waals surface area contributed by atoms with Crippen LogP contribution in [0.1, 0.15) is 10.4 Å². The average Bonchev–Trinajstić information content (AvgIpc) is 2.97. The highest BCUT2D eigenvalue weighted by atomic mass is 19.1. The Bertz CT molecular complexity index is 1240. The van der Waals surface area contributed by atoms with Crippen LogP contribution in [0, 0.1) is 5.82 Å². The Morgan fingerprint density at radius 3 is 1.95 bits per heavy atom. The van der Waals surface area contributed by atoms with Gasteiger partial charge in [-0.2, -0.15) is 0 Å². The Labute approximate surface area is 233 Å². The van der Waals surface area contributed by atoms with Crippen LogP contribution in [-0.2, 0) is 38.1 Å². The lowest BCUT2D eigenvalue weighted by Gasteiger charge is -2.25. The summed E-state index contributed by atoms with van der Waals surface area (Å²) in [6.45, 7) is -1.33. The number of nitrogens with one attached hydrogen (secondary N) is 1. The third-order valence-corrected chi connectivity index (χ3v) is 5.39. The molecule has 0 saturated carbocycles. The molecule has 222 valence electrons. The van der Waals surface area contributed by atoms with Gasteiger partial charge in [-0.05, 0) is 18.2 Å². The van der Waals surface area contributed by atoms with Gasteiger partial charge in [-0.3, -0.25) is 14.4 Å². The summed E-state index contributed by atoms with van der Waals surface area (Å²) in [4.78, 5) is 60.6. The first-order valence-electron chi connectivity index (χ1n) is 11.8. The average molecular weight is 581 g/mol.